The predicted octanol–water partition coefficient (Wildman–Crippen LogP) is 4.00. The van der Waals surface area contributed by atoms with Crippen molar-refractivity contribution >= 4 is 32.7 Å². The number of pyridine rings is 1. The normalized spacial score (nSPS) is 10.9. The van der Waals surface area contributed by atoms with Gasteiger partial charge in [0, 0.05) is 33.4 Å². The van der Waals surface area contributed by atoms with Gasteiger partial charge in [-0.3, -0.25) is 4.79 Å². The molecule has 2 heterocycles. The van der Waals surface area contributed by atoms with Gasteiger partial charge in [0.05, 0.1) is 0 Å². The number of benzene rings is 1. The first kappa shape index (κ1) is 13.0. The molecule has 3 rings (SSSR count). The molecule has 3 aromatic rings. The summed E-state index contributed by atoms with van der Waals surface area (Å²) in [6.07, 6.45) is 3.26. The van der Waals surface area contributed by atoms with Crippen molar-refractivity contribution in [3.05, 3.63) is 63.6 Å². The van der Waals surface area contributed by atoms with Gasteiger partial charge in [0.25, 0.3) is 0 Å². The van der Waals surface area contributed by atoms with E-state index in [-0.39, 0.29) is 5.78 Å². The van der Waals surface area contributed by atoms with Crippen LogP contribution < -0.4 is 0 Å². The van der Waals surface area contributed by atoms with Crippen molar-refractivity contribution in [2.45, 2.75) is 6.92 Å². The number of nitrogens with one attached hydrogen (secondary N) is 1. The topological polar surface area (TPSA) is 45.8 Å². The van der Waals surface area contributed by atoms with Crippen molar-refractivity contribution in [1.82, 2.24) is 9.97 Å². The standard InChI is InChI=1S/C15H10BrFN2O/c1-8-2-3-10(17)5-11(8)14(20)13-7-19-15-12(13)4-9(16)6-18-15/h2-7H,1H3,(H,18,19). The van der Waals surface area contributed by atoms with Crippen molar-refractivity contribution in [3.63, 3.8) is 0 Å². The van der Waals surface area contributed by atoms with Gasteiger partial charge in [0.2, 0.25) is 0 Å². The molecule has 5 heteroatoms. The zero-order chi connectivity index (χ0) is 14.3. The van der Waals surface area contributed by atoms with Crippen LogP contribution in [-0.2, 0) is 0 Å². The lowest BCUT2D eigenvalue weighted by molar-refractivity contribution is 0.103. The minimum absolute atomic E-state index is 0.215. The highest BCUT2D eigenvalue weighted by Gasteiger charge is 2.17. The maximum absolute atomic E-state index is 13.3. The average molecular weight is 333 g/mol. The molecule has 0 amide bonds. The Kier molecular flexibility index (Phi) is 3.14. The van der Waals surface area contributed by atoms with Crippen LogP contribution in [0.5, 0.6) is 0 Å². The Morgan fingerprint density at radius 1 is 1.30 bits per heavy atom. The van der Waals surface area contributed by atoms with Crippen LogP contribution in [0, 0.1) is 12.7 Å². The van der Waals surface area contributed by atoms with Crippen LogP contribution in [0.1, 0.15) is 21.5 Å². The fraction of sp³-hybridized carbons (Fsp3) is 0.0667. The monoisotopic (exact) mass is 332 g/mol. The number of halogens is 2. The maximum atomic E-state index is 13.3. The highest BCUT2D eigenvalue weighted by atomic mass is 79.9. The fourth-order valence-corrected chi connectivity index (χ4v) is 2.48. The van der Waals surface area contributed by atoms with Gasteiger partial charge < -0.3 is 4.98 Å². The molecular formula is C15H10BrFN2O. The van der Waals surface area contributed by atoms with Gasteiger partial charge in [-0.15, -0.1) is 0 Å². The summed E-state index contributed by atoms with van der Waals surface area (Å²) in [6, 6.07) is 6.04. The van der Waals surface area contributed by atoms with Crippen LogP contribution in [0.2, 0.25) is 0 Å². The number of ketones is 1. The summed E-state index contributed by atoms with van der Waals surface area (Å²) in [4.78, 5) is 19.7. The van der Waals surface area contributed by atoms with Gasteiger partial charge in [-0.05, 0) is 46.6 Å². The number of carbonyl (C=O) groups is 1. The molecule has 0 fully saturated rings. The fourth-order valence-electron chi connectivity index (χ4n) is 2.15. The minimum Gasteiger partial charge on any atom is -0.345 e. The van der Waals surface area contributed by atoms with Crippen molar-refractivity contribution in [2.75, 3.05) is 0 Å². The molecule has 20 heavy (non-hydrogen) atoms. The molecule has 0 unspecified atom stereocenters. The molecule has 0 bridgehead atoms. The summed E-state index contributed by atoms with van der Waals surface area (Å²) < 4.78 is 14.1. The Balaban J connectivity index is 2.17. The number of fused-ring (bicyclic) bond motifs is 1. The summed E-state index contributed by atoms with van der Waals surface area (Å²) in [7, 11) is 0. The number of rotatable bonds is 2. The Morgan fingerprint density at radius 2 is 2.10 bits per heavy atom. The number of hydrogen-bond acceptors (Lipinski definition) is 2. The molecule has 0 aliphatic rings. The van der Waals surface area contributed by atoms with E-state index in [1.54, 1.807) is 25.4 Å². The lowest BCUT2D eigenvalue weighted by Crippen LogP contribution is -2.03. The summed E-state index contributed by atoms with van der Waals surface area (Å²) >= 11 is 3.34. The molecule has 0 atom stereocenters. The quantitative estimate of drug-likeness (QED) is 0.721. The van der Waals surface area contributed by atoms with Gasteiger partial charge in [-0.25, -0.2) is 9.37 Å². The summed E-state index contributed by atoms with van der Waals surface area (Å²) in [5.41, 5.74) is 2.23. The first-order valence-corrected chi connectivity index (χ1v) is 6.79. The second-order valence-electron chi connectivity index (χ2n) is 4.54. The van der Waals surface area contributed by atoms with E-state index in [4.69, 9.17) is 0 Å². The van der Waals surface area contributed by atoms with Gasteiger partial charge in [0.1, 0.15) is 11.5 Å². The highest BCUT2D eigenvalue weighted by molar-refractivity contribution is 9.10. The van der Waals surface area contributed by atoms with Crippen LogP contribution in [-0.4, -0.2) is 15.8 Å². The summed E-state index contributed by atoms with van der Waals surface area (Å²) in [5.74, 6) is -0.633. The van der Waals surface area contributed by atoms with E-state index in [0.29, 0.717) is 22.2 Å². The second kappa shape index (κ2) is 4.83. The average Bonchev–Trinajstić information content (AvgIpc) is 2.83. The van der Waals surface area contributed by atoms with Crippen LogP contribution >= 0.6 is 15.9 Å². The van der Waals surface area contributed by atoms with Crippen LogP contribution in [0.25, 0.3) is 11.0 Å². The van der Waals surface area contributed by atoms with Crippen LogP contribution in [0.3, 0.4) is 0 Å². The number of aromatic amines is 1. The van der Waals surface area contributed by atoms with Crippen LogP contribution in [0.4, 0.5) is 4.39 Å². The number of H-pyrrole nitrogens is 1. The van der Waals surface area contributed by atoms with E-state index in [1.807, 2.05) is 6.07 Å². The van der Waals surface area contributed by atoms with Gasteiger partial charge in [-0.2, -0.15) is 0 Å². The third kappa shape index (κ3) is 2.14. The Labute approximate surface area is 123 Å². The van der Waals surface area contributed by atoms with Crippen molar-refractivity contribution in [1.29, 1.82) is 0 Å². The molecule has 0 aliphatic heterocycles. The second-order valence-corrected chi connectivity index (χ2v) is 5.46. The molecule has 0 saturated carbocycles. The minimum atomic E-state index is -0.418. The predicted molar refractivity (Wildman–Crippen MR) is 78.4 cm³/mol. The summed E-state index contributed by atoms with van der Waals surface area (Å²) in [6.45, 7) is 1.79. The van der Waals surface area contributed by atoms with Crippen molar-refractivity contribution in [2.24, 2.45) is 0 Å². The molecule has 100 valence electrons. The summed E-state index contributed by atoms with van der Waals surface area (Å²) in [5, 5.41) is 0.716. The van der Waals surface area contributed by atoms with E-state index < -0.39 is 5.82 Å². The SMILES string of the molecule is Cc1ccc(F)cc1C(=O)c1c[nH]c2ncc(Br)cc12. The van der Waals surface area contributed by atoms with E-state index in [2.05, 4.69) is 25.9 Å². The molecule has 1 N–H and O–H groups in total. The Hall–Kier alpha value is -2.01. The van der Waals surface area contributed by atoms with E-state index in [9.17, 15) is 9.18 Å². The van der Waals surface area contributed by atoms with E-state index >= 15 is 0 Å². The first-order chi connectivity index (χ1) is 9.56. The third-order valence-corrected chi connectivity index (χ3v) is 3.62. The lowest BCUT2D eigenvalue weighted by Gasteiger charge is -2.04. The smallest absolute Gasteiger partial charge is 0.195 e. The first-order valence-electron chi connectivity index (χ1n) is 6.00. The van der Waals surface area contributed by atoms with Gasteiger partial charge in [0.15, 0.2) is 5.78 Å². The Bertz CT molecular complexity index is 826. The van der Waals surface area contributed by atoms with Crippen molar-refractivity contribution in [3.8, 4) is 0 Å². The zero-order valence-electron chi connectivity index (χ0n) is 10.6. The molecule has 1 aromatic carbocycles. The molecule has 2 aromatic heterocycles. The molecule has 3 nitrogen and oxygen atoms in total. The molecule has 0 radical (unpaired) electrons. The van der Waals surface area contributed by atoms with Gasteiger partial charge >= 0.3 is 0 Å². The van der Waals surface area contributed by atoms with Crippen molar-refractivity contribution < 1.29 is 9.18 Å². The molecular weight excluding hydrogens is 323 g/mol. The zero-order valence-corrected chi connectivity index (χ0v) is 12.2. The number of aromatic nitrogens is 2. The highest BCUT2D eigenvalue weighted by Crippen LogP contribution is 2.24. The number of hydrogen-bond donors (Lipinski definition) is 1. The van der Waals surface area contributed by atoms with E-state index in [1.165, 1.54) is 12.1 Å². The number of nitrogens with zero attached hydrogens (tertiary/aromatic N) is 1. The molecule has 0 saturated heterocycles. The molecule has 0 spiro atoms. The number of aryl methyl sites for hydroxylation is 1. The molecule has 0 aliphatic carbocycles. The van der Waals surface area contributed by atoms with Gasteiger partial charge in [-0.1, -0.05) is 6.07 Å². The lowest BCUT2D eigenvalue weighted by atomic mass is 9.99. The Morgan fingerprint density at radius 3 is 2.90 bits per heavy atom. The number of carbonyl (C=O) groups excluding carboxylic acids is 1. The van der Waals surface area contributed by atoms with Crippen LogP contribution in [0.15, 0.2) is 41.1 Å². The van der Waals surface area contributed by atoms with E-state index in [0.717, 1.165) is 10.0 Å². The third-order valence-electron chi connectivity index (χ3n) is 3.19. The maximum Gasteiger partial charge on any atom is 0.195 e. The largest absolute Gasteiger partial charge is 0.345 e.